The Morgan fingerprint density at radius 2 is 1.79 bits per heavy atom. The normalized spacial score (nSPS) is 11.2. The number of carboxylic acids is 1. The van der Waals surface area contributed by atoms with Crippen molar-refractivity contribution in [1.29, 1.82) is 0 Å². The Balaban J connectivity index is 3.11. The quantitative estimate of drug-likeness (QED) is 0.843. The number of carbonyl (C=O) groups is 2. The summed E-state index contributed by atoms with van der Waals surface area (Å²) < 4.78 is 0. The molecule has 5 nitrogen and oxygen atoms in total. The van der Waals surface area contributed by atoms with Crippen molar-refractivity contribution >= 4 is 17.6 Å². The van der Waals surface area contributed by atoms with Gasteiger partial charge in [0, 0.05) is 5.69 Å². The molecule has 104 valence electrons. The molecule has 0 bridgehead atoms. The Bertz CT molecular complexity index is 466. The molecule has 0 spiro atoms. The number of benzene rings is 1. The Morgan fingerprint density at radius 3 is 2.21 bits per heavy atom. The highest BCUT2D eigenvalue weighted by Gasteiger charge is 2.32. The summed E-state index contributed by atoms with van der Waals surface area (Å²) in [5.41, 5.74) is 0.820. The molecule has 0 unspecified atom stereocenters. The number of nitrogens with one attached hydrogen (secondary N) is 1. The number of amides is 1. The summed E-state index contributed by atoms with van der Waals surface area (Å²) in [6.45, 7) is 5.02. The highest BCUT2D eigenvalue weighted by Crippen LogP contribution is 2.19. The minimum absolute atomic E-state index is 0.277. The Hall–Kier alpha value is -1.88. The summed E-state index contributed by atoms with van der Waals surface area (Å²) in [6, 6.07) is 7.21. The van der Waals surface area contributed by atoms with Crippen molar-refractivity contribution in [3.05, 3.63) is 29.8 Å². The molecule has 0 aromatic heterocycles. The molecule has 2 N–H and O–H groups in total. The maximum Gasteiger partial charge on any atom is 0.323 e. The maximum atomic E-state index is 12.4. The zero-order chi connectivity index (χ0) is 14.6. The van der Waals surface area contributed by atoms with Gasteiger partial charge in [0.1, 0.15) is 6.54 Å². The first-order chi connectivity index (χ1) is 8.77. The number of likely N-dealkylation sites (N-methyl/N-ethyl adjacent to an activating group) is 1. The van der Waals surface area contributed by atoms with Crippen molar-refractivity contribution in [1.82, 2.24) is 5.32 Å². The first-order valence-electron chi connectivity index (χ1n) is 6.07. The predicted molar refractivity (Wildman–Crippen MR) is 74.3 cm³/mol. The number of hydrogen-bond acceptors (Lipinski definition) is 3. The number of aryl methyl sites for hydroxylation is 1. The number of carbonyl (C=O) groups excluding carboxylic acids is 1. The molecule has 1 aromatic carbocycles. The van der Waals surface area contributed by atoms with E-state index < -0.39 is 11.5 Å². The third kappa shape index (κ3) is 3.79. The summed E-state index contributed by atoms with van der Waals surface area (Å²) >= 11 is 0. The van der Waals surface area contributed by atoms with Crippen molar-refractivity contribution in [3.63, 3.8) is 0 Å². The van der Waals surface area contributed by atoms with Gasteiger partial charge in [-0.2, -0.15) is 0 Å². The van der Waals surface area contributed by atoms with Crippen LogP contribution in [0.1, 0.15) is 19.4 Å². The average Bonchev–Trinajstić information content (AvgIpc) is 2.36. The fourth-order valence-corrected chi connectivity index (χ4v) is 1.58. The van der Waals surface area contributed by atoms with E-state index in [1.165, 1.54) is 4.90 Å². The van der Waals surface area contributed by atoms with E-state index in [1.54, 1.807) is 33.0 Å². The summed E-state index contributed by atoms with van der Waals surface area (Å²) in [6.07, 6.45) is 0. The van der Waals surface area contributed by atoms with Crippen molar-refractivity contribution in [2.75, 3.05) is 18.5 Å². The van der Waals surface area contributed by atoms with Crippen molar-refractivity contribution in [2.45, 2.75) is 26.3 Å². The van der Waals surface area contributed by atoms with Gasteiger partial charge in [-0.05, 0) is 40.0 Å². The van der Waals surface area contributed by atoms with Crippen LogP contribution in [0.2, 0.25) is 0 Å². The van der Waals surface area contributed by atoms with E-state index in [1.807, 2.05) is 19.1 Å². The lowest BCUT2D eigenvalue weighted by atomic mass is 10.0. The van der Waals surface area contributed by atoms with Crippen LogP contribution in [0.4, 0.5) is 5.69 Å². The molecule has 0 heterocycles. The Labute approximate surface area is 113 Å². The minimum Gasteiger partial charge on any atom is -0.480 e. The van der Waals surface area contributed by atoms with E-state index >= 15 is 0 Å². The Kier molecular flexibility index (Phi) is 4.67. The molecule has 0 saturated heterocycles. The molecule has 0 saturated carbocycles. The van der Waals surface area contributed by atoms with Gasteiger partial charge in [0.15, 0.2) is 0 Å². The molecule has 0 fully saturated rings. The lowest BCUT2D eigenvalue weighted by Crippen LogP contribution is -2.54. The molecular formula is C14H20N2O3. The second kappa shape index (κ2) is 5.84. The van der Waals surface area contributed by atoms with E-state index in [-0.39, 0.29) is 12.5 Å². The summed E-state index contributed by atoms with van der Waals surface area (Å²) in [7, 11) is 1.67. The van der Waals surface area contributed by atoms with Crippen molar-refractivity contribution in [3.8, 4) is 0 Å². The average molecular weight is 264 g/mol. The molecular weight excluding hydrogens is 244 g/mol. The lowest BCUT2D eigenvalue weighted by Gasteiger charge is -2.30. The van der Waals surface area contributed by atoms with Crippen LogP contribution in [-0.2, 0) is 9.59 Å². The van der Waals surface area contributed by atoms with Crippen LogP contribution in [0.15, 0.2) is 24.3 Å². The second-order valence-electron chi connectivity index (χ2n) is 5.00. The summed E-state index contributed by atoms with van der Waals surface area (Å²) in [5.74, 6) is -1.32. The first-order valence-corrected chi connectivity index (χ1v) is 6.07. The van der Waals surface area contributed by atoms with Crippen LogP contribution >= 0.6 is 0 Å². The fourth-order valence-electron chi connectivity index (χ4n) is 1.58. The van der Waals surface area contributed by atoms with Gasteiger partial charge in [0.05, 0.1) is 5.54 Å². The predicted octanol–water partition coefficient (Wildman–Crippen LogP) is 1.41. The van der Waals surface area contributed by atoms with E-state index in [2.05, 4.69) is 5.32 Å². The number of rotatable bonds is 5. The van der Waals surface area contributed by atoms with Crippen LogP contribution in [0.5, 0.6) is 0 Å². The molecule has 0 aliphatic heterocycles. The molecule has 19 heavy (non-hydrogen) atoms. The largest absolute Gasteiger partial charge is 0.480 e. The Morgan fingerprint density at radius 1 is 1.26 bits per heavy atom. The third-order valence-electron chi connectivity index (χ3n) is 3.04. The van der Waals surface area contributed by atoms with Crippen molar-refractivity contribution < 1.29 is 14.7 Å². The number of carboxylic acid groups (broad SMARTS) is 1. The molecule has 1 rings (SSSR count). The number of nitrogens with zero attached hydrogens (tertiary/aromatic N) is 1. The fraction of sp³-hybridized carbons (Fsp3) is 0.429. The van der Waals surface area contributed by atoms with E-state index in [4.69, 9.17) is 5.11 Å². The zero-order valence-electron chi connectivity index (χ0n) is 11.7. The van der Waals surface area contributed by atoms with Crippen LogP contribution in [-0.4, -0.2) is 36.1 Å². The number of aliphatic carboxylic acids is 1. The van der Waals surface area contributed by atoms with Gasteiger partial charge in [-0.25, -0.2) is 0 Å². The SMILES string of the molecule is CNC(C)(C)C(=O)N(CC(=O)O)c1ccc(C)cc1. The van der Waals surface area contributed by atoms with Gasteiger partial charge in [-0.1, -0.05) is 17.7 Å². The summed E-state index contributed by atoms with van der Waals surface area (Å²) in [4.78, 5) is 24.6. The van der Waals surface area contributed by atoms with Gasteiger partial charge >= 0.3 is 5.97 Å². The van der Waals surface area contributed by atoms with Gasteiger partial charge in [-0.3, -0.25) is 14.5 Å². The molecule has 0 atom stereocenters. The van der Waals surface area contributed by atoms with E-state index in [9.17, 15) is 9.59 Å². The highest BCUT2D eigenvalue weighted by atomic mass is 16.4. The van der Waals surface area contributed by atoms with Gasteiger partial charge in [0.25, 0.3) is 0 Å². The smallest absolute Gasteiger partial charge is 0.323 e. The standard InChI is InChI=1S/C14H20N2O3/c1-10-5-7-11(8-6-10)16(9-12(17)18)13(19)14(2,3)15-4/h5-8,15H,9H2,1-4H3,(H,17,18). The molecule has 0 radical (unpaired) electrons. The lowest BCUT2D eigenvalue weighted by molar-refractivity contribution is -0.137. The van der Waals surface area contributed by atoms with Gasteiger partial charge < -0.3 is 10.4 Å². The summed E-state index contributed by atoms with van der Waals surface area (Å²) in [5, 5.41) is 11.9. The molecule has 0 aliphatic rings. The maximum absolute atomic E-state index is 12.4. The van der Waals surface area contributed by atoms with Crippen LogP contribution < -0.4 is 10.2 Å². The second-order valence-corrected chi connectivity index (χ2v) is 5.00. The molecule has 0 aliphatic carbocycles. The first kappa shape index (κ1) is 15.2. The topological polar surface area (TPSA) is 69.6 Å². The highest BCUT2D eigenvalue weighted by molar-refractivity contribution is 6.02. The molecule has 1 amide bonds. The van der Waals surface area contributed by atoms with Crippen LogP contribution in [0.3, 0.4) is 0 Å². The molecule has 5 heteroatoms. The van der Waals surface area contributed by atoms with Crippen LogP contribution in [0.25, 0.3) is 0 Å². The van der Waals surface area contributed by atoms with E-state index in [0.29, 0.717) is 5.69 Å². The van der Waals surface area contributed by atoms with Gasteiger partial charge in [-0.15, -0.1) is 0 Å². The van der Waals surface area contributed by atoms with Crippen molar-refractivity contribution in [2.24, 2.45) is 0 Å². The number of hydrogen-bond donors (Lipinski definition) is 2. The zero-order valence-corrected chi connectivity index (χ0v) is 11.7. The number of anilines is 1. The monoisotopic (exact) mass is 264 g/mol. The van der Waals surface area contributed by atoms with Crippen LogP contribution in [0, 0.1) is 6.92 Å². The molecule has 1 aromatic rings. The third-order valence-corrected chi connectivity index (χ3v) is 3.04. The van der Waals surface area contributed by atoms with Gasteiger partial charge in [0.2, 0.25) is 5.91 Å². The minimum atomic E-state index is -1.04. The van der Waals surface area contributed by atoms with E-state index in [0.717, 1.165) is 5.56 Å².